The van der Waals surface area contributed by atoms with Gasteiger partial charge in [-0.05, 0) is 41.8 Å². The van der Waals surface area contributed by atoms with E-state index in [1.165, 1.54) is 0 Å². The van der Waals surface area contributed by atoms with Crippen LogP contribution in [0.15, 0.2) is 77.3 Å². The van der Waals surface area contributed by atoms with Crippen molar-refractivity contribution in [2.24, 2.45) is 0 Å². The first-order valence-electron chi connectivity index (χ1n) is 11.8. The van der Waals surface area contributed by atoms with E-state index in [1.807, 2.05) is 66.7 Å². The van der Waals surface area contributed by atoms with Crippen LogP contribution >= 0.6 is 15.9 Å². The Morgan fingerprint density at radius 3 is 2.56 bits per heavy atom. The SMILES string of the molecule is COc1ccc(Cn2c(CCCOCc3ccccc3)nc3c2-c2ccc(Br)cc2[NH+]([O-])C3=O)cc1. The van der Waals surface area contributed by atoms with Gasteiger partial charge in [-0.1, -0.05) is 58.4 Å². The molecule has 0 saturated carbocycles. The van der Waals surface area contributed by atoms with Gasteiger partial charge in [-0.25, -0.2) is 9.78 Å². The van der Waals surface area contributed by atoms with E-state index in [-0.39, 0.29) is 5.69 Å². The van der Waals surface area contributed by atoms with Crippen LogP contribution in [0.2, 0.25) is 0 Å². The zero-order chi connectivity index (χ0) is 25.1. The van der Waals surface area contributed by atoms with E-state index in [4.69, 9.17) is 9.47 Å². The fourth-order valence-corrected chi connectivity index (χ4v) is 4.80. The fraction of sp³-hybridized carbons (Fsp3) is 0.214. The number of benzene rings is 3. The third-order valence-electron chi connectivity index (χ3n) is 6.25. The van der Waals surface area contributed by atoms with Gasteiger partial charge < -0.3 is 19.2 Å². The number of nitrogens with one attached hydrogen (secondary N) is 1. The van der Waals surface area contributed by atoms with Crippen LogP contribution in [0.5, 0.6) is 5.75 Å². The highest BCUT2D eigenvalue weighted by Gasteiger charge is 2.36. The molecule has 0 radical (unpaired) electrons. The number of hydrogen-bond acceptors (Lipinski definition) is 5. The number of methoxy groups -OCH3 is 1. The zero-order valence-electron chi connectivity index (χ0n) is 19.9. The molecule has 5 rings (SSSR count). The first-order valence-corrected chi connectivity index (χ1v) is 12.6. The Balaban J connectivity index is 1.44. The van der Waals surface area contributed by atoms with Crippen LogP contribution in [0.3, 0.4) is 0 Å². The lowest BCUT2D eigenvalue weighted by Gasteiger charge is -2.26. The van der Waals surface area contributed by atoms with Crippen molar-refractivity contribution < 1.29 is 19.3 Å². The Bertz CT molecular complexity index is 1370. The average Bonchev–Trinajstić information content (AvgIpc) is 3.26. The first kappa shape index (κ1) is 24.4. The van der Waals surface area contributed by atoms with Gasteiger partial charge in [0.15, 0.2) is 5.69 Å². The minimum atomic E-state index is -0.564. The van der Waals surface area contributed by atoms with E-state index < -0.39 is 11.0 Å². The van der Waals surface area contributed by atoms with Crippen molar-refractivity contribution in [1.29, 1.82) is 0 Å². The molecule has 0 saturated heterocycles. The molecule has 1 N–H and O–H groups in total. The molecular weight excluding hydrogens is 522 g/mol. The maximum Gasteiger partial charge on any atom is 0.370 e. The van der Waals surface area contributed by atoms with Gasteiger partial charge in [0.2, 0.25) is 0 Å². The van der Waals surface area contributed by atoms with Crippen molar-refractivity contribution in [2.75, 3.05) is 13.7 Å². The topological polar surface area (TPSA) is 80.8 Å². The lowest BCUT2D eigenvalue weighted by molar-refractivity contribution is -0.679. The molecule has 2 heterocycles. The Morgan fingerprint density at radius 2 is 1.81 bits per heavy atom. The van der Waals surface area contributed by atoms with Crippen molar-refractivity contribution >= 4 is 27.5 Å². The Kier molecular flexibility index (Phi) is 7.29. The molecule has 1 amide bonds. The number of aromatic nitrogens is 2. The Morgan fingerprint density at radius 1 is 1.03 bits per heavy atom. The van der Waals surface area contributed by atoms with Crippen LogP contribution in [0.25, 0.3) is 11.3 Å². The van der Waals surface area contributed by atoms with E-state index >= 15 is 0 Å². The second kappa shape index (κ2) is 10.8. The highest BCUT2D eigenvalue weighted by atomic mass is 79.9. The molecule has 184 valence electrons. The molecule has 0 bridgehead atoms. The third kappa shape index (κ3) is 4.99. The molecule has 1 aromatic heterocycles. The smallest absolute Gasteiger partial charge is 0.370 e. The Labute approximate surface area is 218 Å². The van der Waals surface area contributed by atoms with E-state index in [0.717, 1.165) is 39.2 Å². The van der Waals surface area contributed by atoms with Crippen molar-refractivity contribution in [2.45, 2.75) is 26.0 Å². The van der Waals surface area contributed by atoms with E-state index in [2.05, 4.69) is 25.5 Å². The zero-order valence-corrected chi connectivity index (χ0v) is 21.5. The summed E-state index contributed by atoms with van der Waals surface area (Å²) in [7, 11) is 1.64. The van der Waals surface area contributed by atoms with E-state index in [1.54, 1.807) is 13.2 Å². The molecule has 0 spiro atoms. The van der Waals surface area contributed by atoms with Gasteiger partial charge in [0.05, 0.1) is 25.0 Å². The molecule has 36 heavy (non-hydrogen) atoms. The van der Waals surface area contributed by atoms with Crippen molar-refractivity contribution in [3.05, 3.63) is 105 Å². The second-order valence-corrected chi connectivity index (χ2v) is 9.57. The summed E-state index contributed by atoms with van der Waals surface area (Å²) in [4.78, 5) is 17.7. The van der Waals surface area contributed by atoms with Crippen molar-refractivity contribution in [3.63, 3.8) is 0 Å². The molecule has 0 fully saturated rings. The van der Waals surface area contributed by atoms with Gasteiger partial charge in [-0.2, -0.15) is 0 Å². The highest BCUT2D eigenvalue weighted by molar-refractivity contribution is 9.10. The van der Waals surface area contributed by atoms with E-state index in [9.17, 15) is 10.0 Å². The summed E-state index contributed by atoms with van der Waals surface area (Å²) in [5.74, 6) is 0.972. The molecule has 1 aliphatic rings. The van der Waals surface area contributed by atoms with Crippen molar-refractivity contribution in [3.8, 4) is 17.0 Å². The predicted molar refractivity (Wildman–Crippen MR) is 140 cm³/mol. The number of hydrogen-bond donors (Lipinski definition) is 1. The van der Waals surface area contributed by atoms with Crippen LogP contribution in [0, 0.1) is 5.21 Å². The lowest BCUT2D eigenvalue weighted by atomic mass is 10.0. The minimum absolute atomic E-state index is 0.225. The van der Waals surface area contributed by atoms with Crippen LogP contribution < -0.4 is 9.80 Å². The number of hydroxylamine groups is 1. The molecule has 1 unspecified atom stereocenters. The normalized spacial score (nSPS) is 14.4. The molecule has 3 aromatic carbocycles. The minimum Gasteiger partial charge on any atom is -0.621 e. The van der Waals surface area contributed by atoms with Crippen LogP contribution in [0.1, 0.15) is 33.9 Å². The van der Waals surface area contributed by atoms with E-state index in [0.29, 0.717) is 37.6 Å². The number of carbonyl (C=O) groups excluding carboxylic acids is 1. The number of nitrogens with zero attached hydrogens (tertiary/aromatic N) is 2. The summed E-state index contributed by atoms with van der Waals surface area (Å²) < 4.78 is 14.0. The highest BCUT2D eigenvalue weighted by Crippen LogP contribution is 2.35. The molecular formula is C28H26BrN3O4. The van der Waals surface area contributed by atoms with Gasteiger partial charge in [-0.15, -0.1) is 0 Å². The van der Waals surface area contributed by atoms with Crippen molar-refractivity contribution in [1.82, 2.24) is 9.55 Å². The average molecular weight is 548 g/mol. The van der Waals surface area contributed by atoms with Gasteiger partial charge >= 0.3 is 5.91 Å². The summed E-state index contributed by atoms with van der Waals surface area (Å²) >= 11 is 3.42. The maximum absolute atomic E-state index is 13.0. The summed E-state index contributed by atoms with van der Waals surface area (Å²) in [5, 5.41) is 12.3. The van der Waals surface area contributed by atoms with Crippen LogP contribution in [0.4, 0.5) is 5.69 Å². The largest absolute Gasteiger partial charge is 0.621 e. The number of carbonyl (C=O) groups is 1. The third-order valence-corrected chi connectivity index (χ3v) is 6.74. The van der Waals surface area contributed by atoms with Crippen LogP contribution in [-0.4, -0.2) is 29.2 Å². The monoisotopic (exact) mass is 547 g/mol. The molecule has 8 heteroatoms. The summed E-state index contributed by atoms with van der Waals surface area (Å²) in [6.45, 7) is 1.63. The molecule has 1 aliphatic heterocycles. The number of imidazole rings is 1. The summed E-state index contributed by atoms with van der Waals surface area (Å²) in [6.07, 6.45) is 1.35. The number of halogens is 1. The van der Waals surface area contributed by atoms with Gasteiger partial charge in [0.25, 0.3) is 0 Å². The quantitative estimate of drug-likeness (QED) is 0.243. The van der Waals surface area contributed by atoms with Gasteiger partial charge in [0.1, 0.15) is 17.3 Å². The number of fused-ring (bicyclic) bond motifs is 3. The number of aryl methyl sites for hydroxylation is 1. The molecule has 0 aliphatic carbocycles. The number of ether oxygens (including phenoxy) is 2. The molecule has 1 atom stereocenters. The number of rotatable bonds is 9. The lowest BCUT2D eigenvalue weighted by Crippen LogP contribution is -3.05. The number of amides is 1. The summed E-state index contributed by atoms with van der Waals surface area (Å²) in [6, 6.07) is 23.3. The molecule has 7 nitrogen and oxygen atoms in total. The van der Waals surface area contributed by atoms with Gasteiger partial charge in [-0.3, -0.25) is 5.06 Å². The second-order valence-electron chi connectivity index (χ2n) is 8.65. The first-order chi connectivity index (χ1) is 17.5. The van der Waals surface area contributed by atoms with Gasteiger partial charge in [0, 0.05) is 30.1 Å². The van der Waals surface area contributed by atoms with Crippen LogP contribution in [-0.2, 0) is 24.3 Å². The fourth-order valence-electron chi connectivity index (χ4n) is 4.44. The predicted octanol–water partition coefficient (Wildman–Crippen LogP) is 4.69. The number of quaternary nitrogens is 1. The molecule has 4 aromatic rings. The maximum atomic E-state index is 13.0. The standard InChI is InChI=1S/C28H26BrN3O4/c1-35-22-12-9-19(10-13-22)17-31-25(8-5-15-36-18-20-6-3-2-4-7-20)30-26-27(31)23-14-11-21(29)16-24(23)32(34)28(26)33/h2-4,6-7,9-14,16,32H,5,8,15,17-18H2,1H3. The Hall–Kier alpha value is -3.30. The summed E-state index contributed by atoms with van der Waals surface area (Å²) in [5.41, 5.74) is 4.21.